The quantitative estimate of drug-likeness (QED) is 0.786. The Balaban J connectivity index is 1.72. The molecule has 116 valence electrons. The van der Waals surface area contributed by atoms with Crippen molar-refractivity contribution in [3.8, 4) is 6.07 Å². The maximum absolute atomic E-state index is 9.01. The molecule has 1 unspecified atom stereocenters. The first-order valence-electron chi connectivity index (χ1n) is 7.92. The van der Waals surface area contributed by atoms with Crippen molar-refractivity contribution in [3.63, 3.8) is 0 Å². The summed E-state index contributed by atoms with van der Waals surface area (Å²) < 4.78 is 12.1. The highest BCUT2D eigenvalue weighted by Gasteiger charge is 2.51. The van der Waals surface area contributed by atoms with E-state index in [-0.39, 0.29) is 24.2 Å². The van der Waals surface area contributed by atoms with Gasteiger partial charge in [-0.2, -0.15) is 5.26 Å². The molecule has 0 saturated carbocycles. The van der Waals surface area contributed by atoms with Crippen LogP contribution < -0.4 is 10.4 Å². The maximum Gasteiger partial charge on any atom is 0.494 e. The normalized spacial score (nSPS) is 26.2. The molecule has 1 atom stereocenters. The summed E-state index contributed by atoms with van der Waals surface area (Å²) in [7, 11) is -0.315. The largest absolute Gasteiger partial charge is 0.494 e. The molecule has 1 aromatic rings. The molecular weight excluding hydrogens is 275 g/mol. The zero-order valence-corrected chi connectivity index (χ0v) is 13.8. The zero-order valence-electron chi connectivity index (χ0n) is 13.8. The molecule has 0 N–H and O–H groups in total. The van der Waals surface area contributed by atoms with E-state index in [4.69, 9.17) is 14.6 Å². The molecule has 2 saturated heterocycles. The molecule has 3 rings (SSSR count). The molecule has 22 heavy (non-hydrogen) atoms. The topological polar surface area (TPSA) is 45.5 Å². The van der Waals surface area contributed by atoms with Crippen molar-refractivity contribution < 1.29 is 9.31 Å². The van der Waals surface area contributed by atoms with Crippen LogP contribution in [0.5, 0.6) is 0 Å². The van der Waals surface area contributed by atoms with Crippen LogP contribution in [0.15, 0.2) is 24.3 Å². The number of nitrogens with zero attached hydrogens (tertiary/aromatic N) is 2. The second-order valence-corrected chi connectivity index (χ2v) is 7.24. The summed E-state index contributed by atoms with van der Waals surface area (Å²) in [4.78, 5) is 2.27. The number of anilines is 1. The molecule has 0 radical (unpaired) electrons. The van der Waals surface area contributed by atoms with E-state index in [0.717, 1.165) is 30.7 Å². The van der Waals surface area contributed by atoms with Crippen LogP contribution in [0.4, 0.5) is 5.69 Å². The van der Waals surface area contributed by atoms with Crippen LogP contribution in [0.25, 0.3) is 0 Å². The van der Waals surface area contributed by atoms with Gasteiger partial charge in [0.1, 0.15) is 0 Å². The summed E-state index contributed by atoms with van der Waals surface area (Å²) in [6.07, 6.45) is 0.954. The van der Waals surface area contributed by atoms with Crippen LogP contribution in [0.3, 0.4) is 0 Å². The summed E-state index contributed by atoms with van der Waals surface area (Å²) in [5, 5.41) is 9.01. The van der Waals surface area contributed by atoms with E-state index in [1.807, 2.05) is 0 Å². The summed E-state index contributed by atoms with van der Waals surface area (Å²) in [5.74, 6) is 0.155. The van der Waals surface area contributed by atoms with Crippen LogP contribution in [0, 0.1) is 17.2 Å². The molecule has 0 aromatic heterocycles. The van der Waals surface area contributed by atoms with Crippen LogP contribution in [0.1, 0.15) is 34.1 Å². The molecule has 2 fully saturated rings. The molecule has 5 heteroatoms. The number of benzene rings is 1. The third-order valence-electron chi connectivity index (χ3n) is 5.15. The van der Waals surface area contributed by atoms with Crippen molar-refractivity contribution >= 4 is 18.3 Å². The van der Waals surface area contributed by atoms with Gasteiger partial charge in [0, 0.05) is 18.8 Å². The Bertz CT molecular complexity index is 576. The average molecular weight is 298 g/mol. The lowest BCUT2D eigenvalue weighted by atomic mass is 9.79. The third-order valence-corrected chi connectivity index (χ3v) is 5.15. The van der Waals surface area contributed by atoms with E-state index < -0.39 is 0 Å². The third kappa shape index (κ3) is 2.62. The van der Waals surface area contributed by atoms with Crippen LogP contribution in [-0.4, -0.2) is 31.4 Å². The first-order chi connectivity index (χ1) is 10.3. The molecular formula is C17H23BN2O2. The molecule has 2 aliphatic heterocycles. The van der Waals surface area contributed by atoms with E-state index in [1.54, 1.807) is 0 Å². The summed E-state index contributed by atoms with van der Waals surface area (Å²) in [5.41, 5.74) is 1.58. The van der Waals surface area contributed by atoms with E-state index in [0.29, 0.717) is 0 Å². The molecule has 0 aliphatic carbocycles. The molecule has 0 amide bonds. The first-order valence-corrected chi connectivity index (χ1v) is 7.92. The smallest absolute Gasteiger partial charge is 0.399 e. The Kier molecular flexibility index (Phi) is 3.70. The van der Waals surface area contributed by atoms with Crippen molar-refractivity contribution in [1.82, 2.24) is 0 Å². The molecule has 1 aromatic carbocycles. The van der Waals surface area contributed by atoms with Gasteiger partial charge in [-0.3, -0.25) is 0 Å². The lowest BCUT2D eigenvalue weighted by molar-refractivity contribution is 0.00578. The molecule has 0 bridgehead atoms. The lowest BCUT2D eigenvalue weighted by Gasteiger charge is -2.32. The number of nitriles is 1. The van der Waals surface area contributed by atoms with Gasteiger partial charge in [-0.15, -0.1) is 0 Å². The summed E-state index contributed by atoms with van der Waals surface area (Å²) in [6, 6.07) is 10.7. The minimum Gasteiger partial charge on any atom is -0.399 e. The van der Waals surface area contributed by atoms with Gasteiger partial charge in [-0.1, -0.05) is 12.1 Å². The van der Waals surface area contributed by atoms with Crippen molar-refractivity contribution in [2.45, 2.75) is 45.3 Å². The Labute approximate surface area is 133 Å². The van der Waals surface area contributed by atoms with Gasteiger partial charge in [0.15, 0.2) is 0 Å². The fourth-order valence-corrected chi connectivity index (χ4v) is 2.92. The Morgan fingerprint density at radius 2 is 1.73 bits per heavy atom. The fourth-order valence-electron chi connectivity index (χ4n) is 2.92. The van der Waals surface area contributed by atoms with Crippen LogP contribution in [0.2, 0.25) is 0 Å². The fraction of sp³-hybridized carbons (Fsp3) is 0.588. The van der Waals surface area contributed by atoms with Crippen LogP contribution >= 0.6 is 0 Å². The predicted molar refractivity (Wildman–Crippen MR) is 88.1 cm³/mol. The first kappa shape index (κ1) is 15.4. The van der Waals surface area contributed by atoms with Gasteiger partial charge < -0.3 is 14.2 Å². The minimum absolute atomic E-state index is 0.155. The SMILES string of the molecule is CC1(C)OB(c2ccc(N3CCC(C#N)C3)cc2)OC1(C)C. The monoisotopic (exact) mass is 298 g/mol. The van der Waals surface area contributed by atoms with E-state index in [9.17, 15) is 0 Å². The highest BCUT2D eigenvalue weighted by molar-refractivity contribution is 6.62. The lowest BCUT2D eigenvalue weighted by Crippen LogP contribution is -2.41. The predicted octanol–water partition coefficient (Wildman–Crippen LogP) is 2.34. The van der Waals surface area contributed by atoms with Crippen LogP contribution in [-0.2, 0) is 9.31 Å². The Morgan fingerprint density at radius 1 is 1.14 bits per heavy atom. The standard InChI is InChI=1S/C17H23BN2O2/c1-16(2)17(3,4)22-18(21-16)14-5-7-15(8-6-14)20-10-9-13(11-19)12-20/h5-8,13H,9-10,12H2,1-4H3. The van der Waals surface area contributed by atoms with Crippen molar-refractivity contribution in [2.75, 3.05) is 18.0 Å². The van der Waals surface area contributed by atoms with Gasteiger partial charge in [0.2, 0.25) is 0 Å². The van der Waals surface area contributed by atoms with Gasteiger partial charge in [0.05, 0.1) is 23.2 Å². The minimum atomic E-state index is -0.315. The number of hydrogen-bond acceptors (Lipinski definition) is 4. The van der Waals surface area contributed by atoms with Gasteiger partial charge in [-0.05, 0) is 51.7 Å². The maximum atomic E-state index is 9.01. The van der Waals surface area contributed by atoms with Crippen molar-refractivity contribution in [3.05, 3.63) is 24.3 Å². The van der Waals surface area contributed by atoms with Crippen molar-refractivity contribution in [2.24, 2.45) is 5.92 Å². The highest BCUT2D eigenvalue weighted by atomic mass is 16.7. The van der Waals surface area contributed by atoms with E-state index >= 15 is 0 Å². The molecule has 0 spiro atoms. The molecule has 4 nitrogen and oxygen atoms in total. The second kappa shape index (κ2) is 5.29. The van der Waals surface area contributed by atoms with Crippen molar-refractivity contribution in [1.29, 1.82) is 5.26 Å². The van der Waals surface area contributed by atoms with E-state index in [1.165, 1.54) is 0 Å². The Morgan fingerprint density at radius 3 is 2.23 bits per heavy atom. The van der Waals surface area contributed by atoms with Gasteiger partial charge >= 0.3 is 7.12 Å². The Hall–Kier alpha value is -1.51. The van der Waals surface area contributed by atoms with Gasteiger partial charge in [-0.25, -0.2) is 0 Å². The average Bonchev–Trinajstić information content (AvgIpc) is 3.02. The number of rotatable bonds is 2. The molecule has 2 aliphatic rings. The number of hydrogen-bond donors (Lipinski definition) is 0. The molecule has 2 heterocycles. The zero-order chi connectivity index (χ0) is 16.0. The summed E-state index contributed by atoms with van der Waals surface area (Å²) >= 11 is 0. The summed E-state index contributed by atoms with van der Waals surface area (Å²) in [6.45, 7) is 10.0. The van der Waals surface area contributed by atoms with Gasteiger partial charge in [0.25, 0.3) is 0 Å². The van der Waals surface area contributed by atoms with E-state index in [2.05, 4.69) is 62.9 Å². The highest BCUT2D eigenvalue weighted by Crippen LogP contribution is 2.36. The second-order valence-electron chi connectivity index (χ2n) is 7.24.